The SMILES string of the molecule is CC(=N)/C(=C(/C)NCCCCCCNc1ccc2c(c1)C(=O)N(C1CCC(=O)NC1=O)C2=O)c1ncccn1. The number of unbranched alkanes of at least 4 members (excludes halogenated alkanes) is 3. The Morgan fingerprint density at radius 3 is 2.38 bits per heavy atom. The first-order valence-electron chi connectivity index (χ1n) is 13.1. The molecular weight excluding hydrogens is 498 g/mol. The van der Waals surface area contributed by atoms with Crippen LogP contribution in [0.15, 0.2) is 42.4 Å². The maximum absolute atomic E-state index is 13.0. The molecule has 0 bridgehead atoms. The fourth-order valence-electron chi connectivity index (χ4n) is 4.83. The number of nitrogens with one attached hydrogen (secondary N) is 4. The smallest absolute Gasteiger partial charge is 0.262 e. The Kier molecular flexibility index (Phi) is 8.80. The van der Waals surface area contributed by atoms with Gasteiger partial charge in [0.15, 0.2) is 5.82 Å². The fraction of sp³-hybridized carbons (Fsp3) is 0.393. The lowest BCUT2D eigenvalue weighted by molar-refractivity contribution is -0.136. The third kappa shape index (κ3) is 6.36. The van der Waals surface area contributed by atoms with E-state index in [0.29, 0.717) is 18.1 Å². The zero-order valence-electron chi connectivity index (χ0n) is 22.2. The number of fused-ring (bicyclic) bond motifs is 1. The number of amides is 4. The standard InChI is InChI=1S/C28H33N7O4/c1-17(29)24(25-32-14-7-15-33-25)18(2)30-12-5-3-4-6-13-31-19-8-9-20-21(16-19)28(39)35(27(20)38)22-10-11-23(36)34-26(22)37/h7-9,14-16,22,29-31H,3-6,10-13H2,1-2H3,(H,34,36,37)/b24-18+,29-17?. The summed E-state index contributed by atoms with van der Waals surface area (Å²) in [5.74, 6) is -1.48. The Balaban J connectivity index is 1.20. The first-order valence-corrected chi connectivity index (χ1v) is 13.1. The van der Waals surface area contributed by atoms with E-state index in [2.05, 4.69) is 25.9 Å². The van der Waals surface area contributed by atoms with Gasteiger partial charge in [0, 0.05) is 49.0 Å². The summed E-state index contributed by atoms with van der Waals surface area (Å²) >= 11 is 0. The molecule has 0 saturated carbocycles. The van der Waals surface area contributed by atoms with Gasteiger partial charge in [-0.25, -0.2) is 9.97 Å². The largest absolute Gasteiger partial charge is 0.388 e. The van der Waals surface area contributed by atoms with Crippen LogP contribution in [0.5, 0.6) is 0 Å². The van der Waals surface area contributed by atoms with Crippen LogP contribution < -0.4 is 16.0 Å². The lowest BCUT2D eigenvalue weighted by Gasteiger charge is -2.27. The number of piperidine rings is 1. The van der Waals surface area contributed by atoms with Gasteiger partial charge in [-0.3, -0.25) is 29.4 Å². The minimum absolute atomic E-state index is 0.0934. The van der Waals surface area contributed by atoms with Crippen molar-refractivity contribution >= 4 is 40.6 Å². The number of rotatable bonds is 12. The second-order valence-corrected chi connectivity index (χ2v) is 9.67. The number of aromatic nitrogens is 2. The Morgan fingerprint density at radius 1 is 1.00 bits per heavy atom. The Labute approximate surface area is 227 Å². The predicted molar refractivity (Wildman–Crippen MR) is 146 cm³/mol. The average Bonchev–Trinajstić information content (AvgIpc) is 3.15. The van der Waals surface area contributed by atoms with Gasteiger partial charge in [0.2, 0.25) is 11.8 Å². The summed E-state index contributed by atoms with van der Waals surface area (Å²) in [6.45, 7) is 5.17. The van der Waals surface area contributed by atoms with E-state index in [4.69, 9.17) is 5.41 Å². The van der Waals surface area contributed by atoms with Crippen molar-refractivity contribution in [3.8, 4) is 0 Å². The van der Waals surface area contributed by atoms with Crippen molar-refractivity contribution in [2.24, 2.45) is 0 Å². The fourth-order valence-corrected chi connectivity index (χ4v) is 4.83. The summed E-state index contributed by atoms with van der Waals surface area (Å²) in [5, 5.41) is 17.0. The molecule has 204 valence electrons. The summed E-state index contributed by atoms with van der Waals surface area (Å²) in [4.78, 5) is 58.9. The van der Waals surface area contributed by atoms with E-state index < -0.39 is 29.7 Å². The van der Waals surface area contributed by atoms with Gasteiger partial charge in [0.1, 0.15) is 6.04 Å². The quantitative estimate of drug-likeness (QED) is 0.185. The summed E-state index contributed by atoms with van der Waals surface area (Å²) in [6, 6.07) is 5.81. The molecule has 1 aromatic carbocycles. The molecule has 1 fully saturated rings. The van der Waals surface area contributed by atoms with Crippen LogP contribution in [-0.2, 0) is 9.59 Å². The van der Waals surface area contributed by atoms with Crippen LogP contribution in [0.2, 0.25) is 0 Å². The van der Waals surface area contributed by atoms with Gasteiger partial charge >= 0.3 is 0 Å². The molecule has 0 radical (unpaired) electrons. The lowest BCUT2D eigenvalue weighted by Crippen LogP contribution is -2.54. The molecule has 11 nitrogen and oxygen atoms in total. The number of allylic oxidation sites excluding steroid dienone is 2. The highest BCUT2D eigenvalue weighted by atomic mass is 16.2. The lowest BCUT2D eigenvalue weighted by atomic mass is 10.0. The molecule has 39 heavy (non-hydrogen) atoms. The van der Waals surface area contributed by atoms with Gasteiger partial charge in [-0.05, 0) is 57.4 Å². The second-order valence-electron chi connectivity index (χ2n) is 9.67. The average molecular weight is 532 g/mol. The maximum atomic E-state index is 13.0. The minimum atomic E-state index is -0.965. The summed E-state index contributed by atoms with van der Waals surface area (Å²) < 4.78 is 0. The topological polar surface area (TPSA) is 157 Å². The van der Waals surface area contributed by atoms with Crippen molar-refractivity contribution in [2.45, 2.75) is 58.4 Å². The Hall–Kier alpha value is -4.41. The van der Waals surface area contributed by atoms with Crippen LogP contribution in [0, 0.1) is 5.41 Å². The van der Waals surface area contributed by atoms with Crippen molar-refractivity contribution in [3.63, 3.8) is 0 Å². The normalized spacial score (nSPS) is 17.5. The zero-order chi connectivity index (χ0) is 27.9. The minimum Gasteiger partial charge on any atom is -0.388 e. The Morgan fingerprint density at radius 2 is 1.69 bits per heavy atom. The first-order chi connectivity index (χ1) is 18.8. The molecular formula is C28H33N7O4. The molecule has 11 heteroatoms. The number of nitrogens with zero attached hydrogens (tertiary/aromatic N) is 3. The summed E-state index contributed by atoms with van der Waals surface area (Å²) in [6.07, 6.45) is 7.52. The van der Waals surface area contributed by atoms with E-state index in [0.717, 1.165) is 54.1 Å². The van der Waals surface area contributed by atoms with Gasteiger partial charge in [-0.1, -0.05) is 12.8 Å². The molecule has 3 heterocycles. The maximum Gasteiger partial charge on any atom is 0.262 e. The molecule has 1 atom stereocenters. The van der Waals surface area contributed by atoms with E-state index in [-0.39, 0.29) is 24.0 Å². The summed E-state index contributed by atoms with van der Waals surface area (Å²) in [7, 11) is 0. The molecule has 1 aromatic heterocycles. The summed E-state index contributed by atoms with van der Waals surface area (Å²) in [5.41, 5.74) is 3.29. The number of carbonyl (C=O) groups excluding carboxylic acids is 4. The number of hydrogen-bond acceptors (Lipinski definition) is 9. The number of hydrogen-bond donors (Lipinski definition) is 4. The van der Waals surface area contributed by atoms with Crippen molar-refractivity contribution in [1.29, 1.82) is 5.41 Å². The molecule has 2 aliphatic rings. The first kappa shape index (κ1) is 27.6. The monoisotopic (exact) mass is 531 g/mol. The molecule has 0 aliphatic carbocycles. The number of anilines is 1. The van der Waals surface area contributed by atoms with Gasteiger partial charge in [0.25, 0.3) is 11.8 Å². The Bertz CT molecular complexity index is 1320. The van der Waals surface area contributed by atoms with Gasteiger partial charge < -0.3 is 16.0 Å². The molecule has 1 unspecified atom stereocenters. The highest BCUT2D eigenvalue weighted by Crippen LogP contribution is 2.29. The molecule has 4 N–H and O–H groups in total. The third-order valence-electron chi connectivity index (χ3n) is 6.80. The molecule has 1 saturated heterocycles. The van der Waals surface area contributed by atoms with Crippen LogP contribution in [-0.4, -0.2) is 63.3 Å². The van der Waals surface area contributed by atoms with Gasteiger partial charge in [-0.2, -0.15) is 0 Å². The molecule has 4 amide bonds. The molecule has 2 aromatic rings. The van der Waals surface area contributed by atoms with E-state index in [9.17, 15) is 19.2 Å². The molecule has 4 rings (SSSR count). The van der Waals surface area contributed by atoms with E-state index in [1.54, 1.807) is 43.6 Å². The van der Waals surface area contributed by atoms with E-state index in [1.165, 1.54) is 0 Å². The van der Waals surface area contributed by atoms with Crippen molar-refractivity contribution in [3.05, 3.63) is 59.3 Å². The zero-order valence-corrected chi connectivity index (χ0v) is 22.2. The van der Waals surface area contributed by atoms with Gasteiger partial charge in [-0.15, -0.1) is 0 Å². The van der Waals surface area contributed by atoms with E-state index in [1.807, 2.05) is 6.92 Å². The molecule has 2 aliphatic heterocycles. The van der Waals surface area contributed by atoms with Crippen LogP contribution in [0.1, 0.15) is 78.9 Å². The second kappa shape index (κ2) is 12.4. The van der Waals surface area contributed by atoms with Crippen LogP contribution in [0.3, 0.4) is 0 Å². The van der Waals surface area contributed by atoms with Crippen LogP contribution in [0.25, 0.3) is 5.57 Å². The number of imide groups is 2. The predicted octanol–water partition coefficient (Wildman–Crippen LogP) is 2.91. The molecule has 0 spiro atoms. The van der Waals surface area contributed by atoms with Crippen molar-refractivity contribution in [2.75, 3.05) is 18.4 Å². The van der Waals surface area contributed by atoms with Crippen LogP contribution >= 0.6 is 0 Å². The van der Waals surface area contributed by atoms with Crippen LogP contribution in [0.4, 0.5) is 5.69 Å². The third-order valence-corrected chi connectivity index (χ3v) is 6.80. The number of benzene rings is 1. The van der Waals surface area contributed by atoms with Gasteiger partial charge in [0.05, 0.1) is 16.7 Å². The number of carbonyl (C=O) groups is 4. The highest BCUT2D eigenvalue weighted by Gasteiger charge is 2.44. The van der Waals surface area contributed by atoms with E-state index >= 15 is 0 Å². The highest BCUT2D eigenvalue weighted by molar-refractivity contribution is 6.24. The van der Waals surface area contributed by atoms with Crippen molar-refractivity contribution in [1.82, 2.24) is 25.5 Å². The van der Waals surface area contributed by atoms with Crippen molar-refractivity contribution < 1.29 is 19.2 Å².